The summed E-state index contributed by atoms with van der Waals surface area (Å²) < 4.78 is 18.1. The van der Waals surface area contributed by atoms with Gasteiger partial charge >= 0.3 is 6.09 Å². The summed E-state index contributed by atoms with van der Waals surface area (Å²) in [5.41, 5.74) is 2.73. The number of hydrogen-bond donors (Lipinski definition) is 1. The highest BCUT2D eigenvalue weighted by molar-refractivity contribution is 5.85. The van der Waals surface area contributed by atoms with Crippen LogP contribution in [0, 0.1) is 5.82 Å². The van der Waals surface area contributed by atoms with Gasteiger partial charge < -0.3 is 9.84 Å². The zero-order valence-electron chi connectivity index (χ0n) is 17.0. The second-order valence-corrected chi connectivity index (χ2v) is 7.02. The number of anilines is 1. The fourth-order valence-electron chi connectivity index (χ4n) is 3.29. The molecular weight excluding hydrogens is 387 g/mol. The summed E-state index contributed by atoms with van der Waals surface area (Å²) in [6.45, 7) is 3.78. The van der Waals surface area contributed by atoms with Crippen LogP contribution in [0.1, 0.15) is 18.9 Å². The van der Waals surface area contributed by atoms with Crippen molar-refractivity contribution >= 4 is 17.4 Å². The Morgan fingerprint density at radius 3 is 2.57 bits per heavy atom. The Labute approximate surface area is 176 Å². The van der Waals surface area contributed by atoms with Crippen LogP contribution in [0.15, 0.2) is 60.7 Å². The molecule has 1 heterocycles. The van der Waals surface area contributed by atoms with E-state index in [1.807, 2.05) is 6.07 Å². The maximum absolute atomic E-state index is 13.1. The molecule has 2 aromatic rings. The lowest BCUT2D eigenvalue weighted by Gasteiger charge is -2.29. The summed E-state index contributed by atoms with van der Waals surface area (Å²) >= 11 is 0. The number of rotatable bonds is 8. The van der Waals surface area contributed by atoms with Crippen molar-refractivity contribution in [1.82, 2.24) is 4.90 Å². The number of aliphatic hydroxyl groups excluding tert-OH is 1. The molecule has 30 heavy (non-hydrogen) atoms. The Hall–Kier alpha value is -2.74. The van der Waals surface area contributed by atoms with Crippen LogP contribution >= 0.6 is 0 Å². The Bertz CT molecular complexity index is 842. The van der Waals surface area contributed by atoms with Crippen LogP contribution in [0.3, 0.4) is 0 Å². The van der Waals surface area contributed by atoms with E-state index in [0.717, 1.165) is 23.6 Å². The van der Waals surface area contributed by atoms with Gasteiger partial charge in [0.25, 0.3) is 0 Å². The Kier molecular flexibility index (Phi) is 7.96. The molecule has 0 aliphatic carbocycles. The highest BCUT2D eigenvalue weighted by Crippen LogP contribution is 2.23. The normalized spacial score (nSPS) is 15.4. The topological polar surface area (TPSA) is 62.2 Å². The molecule has 0 fully saturated rings. The zero-order valence-corrected chi connectivity index (χ0v) is 17.0. The molecule has 0 aromatic heterocycles. The van der Waals surface area contributed by atoms with Crippen molar-refractivity contribution in [2.24, 2.45) is 0 Å². The van der Waals surface area contributed by atoms with Gasteiger partial charge in [-0.1, -0.05) is 36.4 Å². The van der Waals surface area contributed by atoms with Crippen LogP contribution < -0.4 is 5.06 Å². The van der Waals surface area contributed by atoms with Crippen LogP contribution in [-0.4, -0.2) is 55.1 Å². The molecule has 1 aliphatic rings. The van der Waals surface area contributed by atoms with E-state index in [0.29, 0.717) is 18.8 Å². The third-order valence-corrected chi connectivity index (χ3v) is 4.80. The number of β-amino-alcohol motifs (C(OH)–C–C–N with tert-alkyl or cyclic N) is 1. The zero-order chi connectivity index (χ0) is 21.3. The number of amides is 1. The number of aliphatic hydroxyl groups is 1. The van der Waals surface area contributed by atoms with E-state index < -0.39 is 12.2 Å². The average Bonchev–Trinajstić information content (AvgIpc) is 2.76. The fraction of sp³-hybridized carbons (Fsp3) is 0.348. The first-order chi connectivity index (χ1) is 14.6. The molecule has 0 saturated carbocycles. The lowest BCUT2D eigenvalue weighted by atomic mass is 9.99. The van der Waals surface area contributed by atoms with Crippen LogP contribution in [0.5, 0.6) is 0 Å². The molecule has 1 unspecified atom stereocenters. The molecule has 0 saturated heterocycles. The molecule has 7 heteroatoms. The van der Waals surface area contributed by atoms with Gasteiger partial charge in [-0.25, -0.2) is 9.18 Å². The Balaban J connectivity index is 1.51. The minimum Gasteiger partial charge on any atom is -0.448 e. The summed E-state index contributed by atoms with van der Waals surface area (Å²) in [5, 5.41) is 11.5. The fourth-order valence-corrected chi connectivity index (χ4v) is 3.29. The van der Waals surface area contributed by atoms with E-state index in [2.05, 4.69) is 11.0 Å². The summed E-state index contributed by atoms with van der Waals surface area (Å²) in [4.78, 5) is 19.9. The van der Waals surface area contributed by atoms with Crippen LogP contribution in [0.4, 0.5) is 14.9 Å². The highest BCUT2D eigenvalue weighted by Gasteiger charge is 2.21. The van der Waals surface area contributed by atoms with Crippen molar-refractivity contribution in [2.45, 2.75) is 19.4 Å². The standard InChI is InChI=1S/C23H27FN2O4/c1-2-29-23(28)26(21-6-4-3-5-7-21)30-17-22(27)16-25-14-12-19(13-15-25)18-8-10-20(24)11-9-18/h3-12,22,27H,2,13-17H2,1H3. The maximum atomic E-state index is 13.1. The number of halogens is 1. The third kappa shape index (κ3) is 6.13. The second-order valence-electron chi connectivity index (χ2n) is 7.02. The van der Waals surface area contributed by atoms with Gasteiger partial charge in [0.15, 0.2) is 0 Å². The molecule has 1 atom stereocenters. The van der Waals surface area contributed by atoms with Crippen molar-refractivity contribution in [3.8, 4) is 0 Å². The molecule has 0 bridgehead atoms. The summed E-state index contributed by atoms with van der Waals surface area (Å²) in [7, 11) is 0. The molecular formula is C23H27FN2O4. The highest BCUT2D eigenvalue weighted by atomic mass is 19.1. The number of hydrogen-bond acceptors (Lipinski definition) is 5. The van der Waals surface area contributed by atoms with Gasteiger partial charge in [-0.2, -0.15) is 5.06 Å². The van der Waals surface area contributed by atoms with E-state index in [4.69, 9.17) is 9.57 Å². The average molecular weight is 414 g/mol. The number of carbonyl (C=O) groups excluding carboxylic acids is 1. The van der Waals surface area contributed by atoms with Gasteiger partial charge in [-0.3, -0.25) is 9.74 Å². The van der Waals surface area contributed by atoms with Gasteiger partial charge in [0.05, 0.1) is 18.4 Å². The number of carbonyl (C=O) groups is 1. The van der Waals surface area contributed by atoms with Gasteiger partial charge in [0.1, 0.15) is 12.4 Å². The summed E-state index contributed by atoms with van der Waals surface area (Å²) in [6, 6.07) is 15.4. The molecule has 0 spiro atoms. The van der Waals surface area contributed by atoms with E-state index in [1.54, 1.807) is 43.3 Å². The lowest BCUT2D eigenvalue weighted by Crippen LogP contribution is -2.40. The molecule has 160 valence electrons. The van der Waals surface area contributed by atoms with Crippen molar-refractivity contribution in [2.75, 3.05) is 37.9 Å². The summed E-state index contributed by atoms with van der Waals surface area (Å²) in [6.07, 6.45) is 1.52. The first-order valence-corrected chi connectivity index (χ1v) is 10.1. The van der Waals surface area contributed by atoms with Crippen molar-refractivity contribution in [1.29, 1.82) is 0 Å². The van der Waals surface area contributed by atoms with Gasteiger partial charge in [-0.05, 0) is 48.7 Å². The number of nitrogens with zero attached hydrogens (tertiary/aromatic N) is 2. The molecule has 1 aliphatic heterocycles. The van der Waals surface area contributed by atoms with E-state index in [-0.39, 0.29) is 19.0 Å². The van der Waals surface area contributed by atoms with Crippen LogP contribution in [0.25, 0.3) is 5.57 Å². The minimum atomic E-state index is -0.772. The first-order valence-electron chi connectivity index (χ1n) is 10.1. The van der Waals surface area contributed by atoms with Gasteiger partial charge in [0, 0.05) is 19.6 Å². The molecule has 6 nitrogen and oxygen atoms in total. The smallest absolute Gasteiger partial charge is 0.438 e. The minimum absolute atomic E-state index is 0.0429. The first kappa shape index (κ1) is 22.0. The number of para-hydroxylation sites is 1. The largest absolute Gasteiger partial charge is 0.448 e. The van der Waals surface area contributed by atoms with Crippen molar-refractivity contribution < 1.29 is 23.9 Å². The number of hydroxylamine groups is 1. The molecule has 2 aromatic carbocycles. The van der Waals surface area contributed by atoms with Gasteiger partial charge in [0.2, 0.25) is 0 Å². The van der Waals surface area contributed by atoms with Gasteiger partial charge in [-0.15, -0.1) is 0 Å². The molecule has 0 radical (unpaired) electrons. The quantitative estimate of drug-likeness (QED) is 0.665. The molecule has 1 amide bonds. The SMILES string of the molecule is CCOC(=O)N(OCC(O)CN1CC=C(c2ccc(F)cc2)CC1)c1ccccc1. The van der Waals surface area contributed by atoms with Crippen molar-refractivity contribution in [3.05, 3.63) is 72.1 Å². The summed E-state index contributed by atoms with van der Waals surface area (Å²) in [5.74, 6) is -0.243. The van der Waals surface area contributed by atoms with E-state index >= 15 is 0 Å². The third-order valence-electron chi connectivity index (χ3n) is 4.80. The molecule has 1 N–H and O–H groups in total. The number of benzene rings is 2. The maximum Gasteiger partial charge on any atom is 0.438 e. The molecule has 3 rings (SSSR count). The van der Waals surface area contributed by atoms with E-state index in [1.165, 1.54) is 17.7 Å². The second kappa shape index (κ2) is 10.9. The monoisotopic (exact) mass is 414 g/mol. The van der Waals surface area contributed by atoms with Crippen molar-refractivity contribution in [3.63, 3.8) is 0 Å². The van der Waals surface area contributed by atoms with Crippen LogP contribution in [-0.2, 0) is 9.57 Å². The predicted octanol–water partition coefficient (Wildman–Crippen LogP) is 3.87. The van der Waals surface area contributed by atoms with Crippen LogP contribution in [0.2, 0.25) is 0 Å². The predicted molar refractivity (Wildman–Crippen MR) is 113 cm³/mol. The van der Waals surface area contributed by atoms with E-state index in [9.17, 15) is 14.3 Å². The number of ether oxygens (including phenoxy) is 1. The lowest BCUT2D eigenvalue weighted by molar-refractivity contribution is 0.00584. The Morgan fingerprint density at radius 1 is 1.20 bits per heavy atom. The Morgan fingerprint density at radius 2 is 1.93 bits per heavy atom.